The third-order valence-corrected chi connectivity index (χ3v) is 3.69. The Morgan fingerprint density at radius 1 is 1.38 bits per heavy atom. The number of aryl methyl sites for hydroxylation is 1. The summed E-state index contributed by atoms with van der Waals surface area (Å²) in [6.07, 6.45) is 1.77. The van der Waals surface area contributed by atoms with Crippen LogP contribution in [0.5, 0.6) is 0 Å². The van der Waals surface area contributed by atoms with E-state index in [1.54, 1.807) is 4.68 Å². The molecule has 110 valence electrons. The van der Waals surface area contributed by atoms with Crippen molar-refractivity contribution in [1.82, 2.24) is 25.5 Å². The number of aromatic nitrogens is 4. The van der Waals surface area contributed by atoms with Crippen molar-refractivity contribution in [2.75, 3.05) is 18.4 Å². The fourth-order valence-corrected chi connectivity index (χ4v) is 2.51. The molecule has 1 saturated heterocycles. The Labute approximate surface area is 122 Å². The zero-order chi connectivity index (χ0) is 14.7. The quantitative estimate of drug-likeness (QED) is 0.876. The summed E-state index contributed by atoms with van der Waals surface area (Å²) in [5, 5.41) is 17.7. The minimum Gasteiger partial charge on any atom is -0.326 e. The Hall–Kier alpha value is -2.28. The highest BCUT2D eigenvalue weighted by Gasteiger charge is 2.20. The number of hydrogen-bond acceptors (Lipinski definition) is 5. The molecule has 0 saturated carbocycles. The molecule has 0 bridgehead atoms. The maximum atomic E-state index is 12.2. The monoisotopic (exact) mass is 286 g/mol. The van der Waals surface area contributed by atoms with Crippen molar-refractivity contribution >= 4 is 11.6 Å². The zero-order valence-corrected chi connectivity index (χ0v) is 11.9. The smallest absolute Gasteiger partial charge is 0.227 e. The molecule has 21 heavy (non-hydrogen) atoms. The van der Waals surface area contributed by atoms with Gasteiger partial charge in [0.2, 0.25) is 5.91 Å². The Bertz CT molecular complexity index is 632. The van der Waals surface area contributed by atoms with Crippen molar-refractivity contribution in [2.45, 2.75) is 19.8 Å². The summed E-state index contributed by atoms with van der Waals surface area (Å²) in [7, 11) is 0. The van der Waals surface area contributed by atoms with Crippen LogP contribution < -0.4 is 10.6 Å². The number of hydrogen-bond donors (Lipinski definition) is 2. The van der Waals surface area contributed by atoms with E-state index in [9.17, 15) is 4.79 Å². The van der Waals surface area contributed by atoms with Crippen LogP contribution in [-0.2, 0) is 4.79 Å². The standard InChI is InChI=1S/C14H18N6O/c1-10-17-18-19-20(10)13-4-2-3-12(9-13)16-14(21)11-5-7-15-8-6-11/h2-4,9,11,15H,5-8H2,1H3,(H,16,21). The van der Waals surface area contributed by atoms with Crippen LogP contribution in [0.4, 0.5) is 5.69 Å². The van der Waals surface area contributed by atoms with Gasteiger partial charge in [-0.3, -0.25) is 4.79 Å². The van der Waals surface area contributed by atoms with Crippen molar-refractivity contribution < 1.29 is 4.79 Å². The number of carbonyl (C=O) groups is 1. The molecule has 1 aromatic carbocycles. The molecule has 7 nitrogen and oxygen atoms in total. The predicted octanol–water partition coefficient (Wildman–Crippen LogP) is 0.909. The molecule has 7 heteroatoms. The normalized spacial score (nSPS) is 15.9. The first-order chi connectivity index (χ1) is 10.2. The van der Waals surface area contributed by atoms with Gasteiger partial charge in [-0.1, -0.05) is 6.07 Å². The third kappa shape index (κ3) is 3.08. The maximum absolute atomic E-state index is 12.2. The average molecular weight is 286 g/mol. The summed E-state index contributed by atoms with van der Waals surface area (Å²) in [5.41, 5.74) is 1.60. The molecule has 0 radical (unpaired) electrons. The van der Waals surface area contributed by atoms with Gasteiger partial charge in [-0.2, -0.15) is 4.68 Å². The number of carbonyl (C=O) groups excluding carboxylic acids is 1. The highest BCUT2D eigenvalue weighted by Crippen LogP contribution is 2.18. The second-order valence-electron chi connectivity index (χ2n) is 5.20. The second-order valence-corrected chi connectivity index (χ2v) is 5.20. The molecule has 1 fully saturated rings. The Morgan fingerprint density at radius 2 is 2.19 bits per heavy atom. The van der Waals surface area contributed by atoms with Gasteiger partial charge < -0.3 is 10.6 Å². The van der Waals surface area contributed by atoms with E-state index in [4.69, 9.17) is 0 Å². The summed E-state index contributed by atoms with van der Waals surface area (Å²) in [5.74, 6) is 0.878. The largest absolute Gasteiger partial charge is 0.326 e. The van der Waals surface area contributed by atoms with Gasteiger partial charge in [-0.25, -0.2) is 0 Å². The fraction of sp³-hybridized carbons (Fsp3) is 0.429. The van der Waals surface area contributed by atoms with E-state index in [1.807, 2.05) is 31.2 Å². The molecule has 0 spiro atoms. The van der Waals surface area contributed by atoms with Gasteiger partial charge in [-0.05, 0) is 61.5 Å². The number of amides is 1. The van der Waals surface area contributed by atoms with Crippen LogP contribution in [-0.4, -0.2) is 39.2 Å². The van der Waals surface area contributed by atoms with Gasteiger partial charge in [-0.15, -0.1) is 5.10 Å². The van der Waals surface area contributed by atoms with Crippen molar-refractivity contribution in [3.8, 4) is 5.69 Å². The number of nitrogens with one attached hydrogen (secondary N) is 2. The van der Waals surface area contributed by atoms with Crippen molar-refractivity contribution in [2.24, 2.45) is 5.92 Å². The minimum absolute atomic E-state index is 0.0853. The fourth-order valence-electron chi connectivity index (χ4n) is 2.51. The molecule has 1 aliphatic rings. The Kier molecular flexibility index (Phi) is 3.92. The van der Waals surface area contributed by atoms with E-state index in [0.717, 1.165) is 37.3 Å². The molecule has 0 unspecified atom stereocenters. The molecule has 3 rings (SSSR count). The first kappa shape index (κ1) is 13.7. The molecule has 2 heterocycles. The van der Waals surface area contributed by atoms with E-state index in [-0.39, 0.29) is 11.8 Å². The predicted molar refractivity (Wildman–Crippen MR) is 78.1 cm³/mol. The van der Waals surface area contributed by atoms with E-state index < -0.39 is 0 Å². The zero-order valence-electron chi connectivity index (χ0n) is 11.9. The lowest BCUT2D eigenvalue weighted by molar-refractivity contribution is -0.120. The van der Waals surface area contributed by atoms with E-state index in [0.29, 0.717) is 5.82 Å². The van der Waals surface area contributed by atoms with Crippen LogP contribution in [0, 0.1) is 12.8 Å². The number of anilines is 1. The summed E-state index contributed by atoms with van der Waals surface area (Å²) >= 11 is 0. The number of tetrazole rings is 1. The number of piperidine rings is 1. The van der Waals surface area contributed by atoms with Crippen LogP contribution in [0.2, 0.25) is 0 Å². The summed E-state index contributed by atoms with van der Waals surface area (Å²) in [6.45, 7) is 3.64. The van der Waals surface area contributed by atoms with Crippen LogP contribution in [0.25, 0.3) is 5.69 Å². The molecule has 2 N–H and O–H groups in total. The SMILES string of the molecule is Cc1nnnn1-c1cccc(NC(=O)C2CCNCC2)c1. The van der Waals surface area contributed by atoms with Gasteiger partial charge in [0.25, 0.3) is 0 Å². The molecular weight excluding hydrogens is 268 g/mol. The average Bonchev–Trinajstić information content (AvgIpc) is 2.94. The molecule has 0 aliphatic carbocycles. The molecular formula is C14H18N6O. The minimum atomic E-state index is 0.0853. The van der Waals surface area contributed by atoms with Gasteiger partial charge >= 0.3 is 0 Å². The van der Waals surface area contributed by atoms with Crippen molar-refractivity contribution in [3.05, 3.63) is 30.1 Å². The summed E-state index contributed by atoms with van der Waals surface area (Å²) in [4.78, 5) is 12.2. The summed E-state index contributed by atoms with van der Waals surface area (Å²) in [6, 6.07) is 7.54. The second kappa shape index (κ2) is 6.01. The third-order valence-electron chi connectivity index (χ3n) is 3.69. The van der Waals surface area contributed by atoms with Crippen LogP contribution >= 0.6 is 0 Å². The molecule has 2 aromatic rings. The van der Waals surface area contributed by atoms with Gasteiger partial charge in [0.15, 0.2) is 5.82 Å². The van der Waals surface area contributed by atoms with Crippen LogP contribution in [0.15, 0.2) is 24.3 Å². The van der Waals surface area contributed by atoms with Crippen molar-refractivity contribution in [1.29, 1.82) is 0 Å². The lowest BCUT2D eigenvalue weighted by Crippen LogP contribution is -2.34. The maximum Gasteiger partial charge on any atom is 0.227 e. The van der Waals surface area contributed by atoms with Crippen molar-refractivity contribution in [3.63, 3.8) is 0 Å². The summed E-state index contributed by atoms with van der Waals surface area (Å²) < 4.78 is 1.64. The van der Waals surface area contributed by atoms with Gasteiger partial charge in [0.05, 0.1) is 5.69 Å². The lowest BCUT2D eigenvalue weighted by Gasteiger charge is -2.21. The van der Waals surface area contributed by atoms with E-state index in [2.05, 4.69) is 26.2 Å². The highest BCUT2D eigenvalue weighted by molar-refractivity contribution is 5.92. The van der Waals surface area contributed by atoms with E-state index in [1.165, 1.54) is 0 Å². The molecule has 1 aromatic heterocycles. The molecule has 1 amide bonds. The van der Waals surface area contributed by atoms with E-state index >= 15 is 0 Å². The topological polar surface area (TPSA) is 84.7 Å². The molecule has 0 atom stereocenters. The first-order valence-corrected chi connectivity index (χ1v) is 7.11. The highest BCUT2D eigenvalue weighted by atomic mass is 16.1. The van der Waals surface area contributed by atoms with Crippen LogP contribution in [0.3, 0.4) is 0 Å². The number of nitrogens with zero attached hydrogens (tertiary/aromatic N) is 4. The Morgan fingerprint density at radius 3 is 2.90 bits per heavy atom. The van der Waals surface area contributed by atoms with Gasteiger partial charge in [0, 0.05) is 11.6 Å². The lowest BCUT2D eigenvalue weighted by atomic mass is 9.97. The van der Waals surface area contributed by atoms with Crippen LogP contribution in [0.1, 0.15) is 18.7 Å². The van der Waals surface area contributed by atoms with Gasteiger partial charge in [0.1, 0.15) is 0 Å². The Balaban J connectivity index is 1.74. The first-order valence-electron chi connectivity index (χ1n) is 7.11. The molecule has 1 aliphatic heterocycles. The number of rotatable bonds is 3. The number of benzene rings is 1.